The number of likely N-dealkylation sites (tertiary alicyclic amines) is 1. The summed E-state index contributed by atoms with van der Waals surface area (Å²) in [5.74, 6) is 1.45. The van der Waals surface area contributed by atoms with Gasteiger partial charge in [-0.1, -0.05) is 0 Å². The maximum atomic E-state index is 13.3. The molecule has 7 heteroatoms. The van der Waals surface area contributed by atoms with Crippen molar-refractivity contribution in [3.63, 3.8) is 0 Å². The number of fused-ring (bicyclic) bond motifs is 1. The van der Waals surface area contributed by atoms with Crippen LogP contribution in [-0.2, 0) is 0 Å². The van der Waals surface area contributed by atoms with Crippen LogP contribution in [0.5, 0.6) is 11.5 Å². The molecule has 0 radical (unpaired) electrons. The fraction of sp³-hybridized carbons (Fsp3) is 0.409. The molecule has 0 N–H and O–H groups in total. The molecule has 29 heavy (non-hydrogen) atoms. The highest BCUT2D eigenvalue weighted by atomic mass is 16.5. The summed E-state index contributed by atoms with van der Waals surface area (Å²) in [4.78, 5) is 19.8. The van der Waals surface area contributed by atoms with E-state index in [9.17, 15) is 4.79 Å². The van der Waals surface area contributed by atoms with Gasteiger partial charge in [0, 0.05) is 35.8 Å². The number of methoxy groups -OCH3 is 2. The summed E-state index contributed by atoms with van der Waals surface area (Å²) in [6, 6.07) is 7.83. The molecule has 0 aliphatic carbocycles. The third-order valence-corrected chi connectivity index (χ3v) is 5.48. The lowest BCUT2D eigenvalue weighted by atomic mass is 10.0. The lowest BCUT2D eigenvalue weighted by molar-refractivity contribution is 0.0734. The van der Waals surface area contributed by atoms with Crippen LogP contribution in [0.4, 0.5) is 0 Å². The summed E-state index contributed by atoms with van der Waals surface area (Å²) in [5.41, 5.74) is 2.38. The van der Waals surface area contributed by atoms with Crippen LogP contribution in [0.2, 0.25) is 0 Å². The first-order chi connectivity index (χ1) is 14.0. The van der Waals surface area contributed by atoms with Crippen molar-refractivity contribution in [2.45, 2.75) is 38.8 Å². The normalized spacial score (nSPS) is 16.6. The van der Waals surface area contributed by atoms with Gasteiger partial charge in [-0.15, -0.1) is 0 Å². The zero-order valence-electron chi connectivity index (χ0n) is 17.3. The van der Waals surface area contributed by atoms with Crippen molar-refractivity contribution in [2.24, 2.45) is 0 Å². The number of carbonyl (C=O) groups excluding carboxylic acids is 1. The highest BCUT2D eigenvalue weighted by Crippen LogP contribution is 2.39. The Kier molecular flexibility index (Phi) is 5.13. The van der Waals surface area contributed by atoms with Gasteiger partial charge in [0.05, 0.1) is 32.0 Å². The van der Waals surface area contributed by atoms with E-state index in [2.05, 4.69) is 23.9 Å². The monoisotopic (exact) mass is 394 g/mol. The molecule has 1 aromatic carbocycles. The largest absolute Gasteiger partial charge is 0.497 e. The number of amides is 1. The second-order valence-electron chi connectivity index (χ2n) is 7.58. The summed E-state index contributed by atoms with van der Waals surface area (Å²) in [7, 11) is 3.27. The smallest absolute Gasteiger partial charge is 0.255 e. The van der Waals surface area contributed by atoms with E-state index in [-0.39, 0.29) is 18.0 Å². The molecule has 1 amide bonds. The number of nitrogens with zero attached hydrogens (tertiary/aromatic N) is 4. The molecular formula is C22H26N4O3. The van der Waals surface area contributed by atoms with Gasteiger partial charge in [-0.2, -0.15) is 5.10 Å². The molecule has 2 aromatic heterocycles. The van der Waals surface area contributed by atoms with Gasteiger partial charge in [-0.3, -0.25) is 4.79 Å². The Labute approximate surface area is 170 Å². The van der Waals surface area contributed by atoms with Gasteiger partial charge in [0.2, 0.25) is 0 Å². The molecular weight excluding hydrogens is 368 g/mol. The third-order valence-electron chi connectivity index (χ3n) is 5.48. The number of aromatic nitrogens is 3. The summed E-state index contributed by atoms with van der Waals surface area (Å²) in [6.45, 7) is 4.83. The van der Waals surface area contributed by atoms with Crippen LogP contribution in [0.3, 0.4) is 0 Å². The first-order valence-electron chi connectivity index (χ1n) is 9.89. The molecule has 0 unspecified atom stereocenters. The second-order valence-corrected chi connectivity index (χ2v) is 7.58. The number of benzene rings is 1. The highest BCUT2D eigenvalue weighted by Gasteiger charge is 2.33. The topological polar surface area (TPSA) is 69.5 Å². The van der Waals surface area contributed by atoms with E-state index in [4.69, 9.17) is 9.47 Å². The maximum Gasteiger partial charge on any atom is 0.255 e. The Morgan fingerprint density at radius 3 is 2.72 bits per heavy atom. The fourth-order valence-electron chi connectivity index (χ4n) is 4.03. The van der Waals surface area contributed by atoms with Gasteiger partial charge in [-0.05, 0) is 44.9 Å². The van der Waals surface area contributed by atoms with Crippen LogP contribution < -0.4 is 9.47 Å². The molecule has 0 saturated carbocycles. The summed E-state index contributed by atoms with van der Waals surface area (Å²) in [5, 5.41) is 5.27. The quantitative estimate of drug-likeness (QED) is 0.654. The first-order valence-corrected chi connectivity index (χ1v) is 9.89. The maximum absolute atomic E-state index is 13.3. The number of rotatable bonds is 5. The molecule has 152 valence electrons. The van der Waals surface area contributed by atoms with E-state index in [1.165, 1.54) is 0 Å². The Morgan fingerprint density at radius 2 is 2.00 bits per heavy atom. The molecule has 3 heterocycles. The molecule has 1 atom stereocenters. The van der Waals surface area contributed by atoms with Crippen LogP contribution in [0, 0.1) is 0 Å². The number of carbonyl (C=O) groups is 1. The van der Waals surface area contributed by atoms with Crippen molar-refractivity contribution >= 4 is 16.9 Å². The van der Waals surface area contributed by atoms with E-state index in [1.54, 1.807) is 26.6 Å². The van der Waals surface area contributed by atoms with Gasteiger partial charge in [0.15, 0.2) is 5.65 Å². The molecule has 4 rings (SSSR count). The minimum atomic E-state index is -0.0301. The lowest BCUT2D eigenvalue weighted by Gasteiger charge is -2.26. The average Bonchev–Trinajstić information content (AvgIpc) is 3.39. The Morgan fingerprint density at radius 1 is 1.17 bits per heavy atom. The van der Waals surface area contributed by atoms with Crippen LogP contribution in [0.1, 0.15) is 54.7 Å². The number of hydrogen-bond donors (Lipinski definition) is 0. The minimum Gasteiger partial charge on any atom is -0.497 e. The predicted molar refractivity (Wildman–Crippen MR) is 110 cm³/mol. The Balaban J connectivity index is 1.65. The van der Waals surface area contributed by atoms with Gasteiger partial charge >= 0.3 is 0 Å². The van der Waals surface area contributed by atoms with E-state index < -0.39 is 0 Å². The molecule has 7 nitrogen and oxygen atoms in total. The number of pyridine rings is 1. The predicted octanol–water partition coefficient (Wildman–Crippen LogP) is 4.01. The van der Waals surface area contributed by atoms with E-state index in [1.807, 2.05) is 33.8 Å². The fourth-order valence-corrected chi connectivity index (χ4v) is 4.03. The third kappa shape index (κ3) is 3.41. The zero-order chi connectivity index (χ0) is 20.5. The molecule has 1 fully saturated rings. The minimum absolute atomic E-state index is 0.0166. The molecule has 3 aromatic rings. The SMILES string of the molecule is COc1ccc([C@H]2CCCN2C(=O)c2cnc3c(cnn3C(C)C)c2)c(OC)c1. The van der Waals surface area contributed by atoms with Crippen molar-refractivity contribution in [1.82, 2.24) is 19.7 Å². The van der Waals surface area contributed by atoms with Gasteiger partial charge < -0.3 is 14.4 Å². The number of ether oxygens (including phenoxy) is 2. The van der Waals surface area contributed by atoms with Crippen molar-refractivity contribution in [3.8, 4) is 11.5 Å². The van der Waals surface area contributed by atoms with Crippen LogP contribution in [-0.4, -0.2) is 46.3 Å². The Bertz CT molecular complexity index is 1040. The lowest BCUT2D eigenvalue weighted by Crippen LogP contribution is -2.30. The molecule has 1 saturated heterocycles. The summed E-state index contributed by atoms with van der Waals surface area (Å²) >= 11 is 0. The van der Waals surface area contributed by atoms with Crippen molar-refractivity contribution in [1.29, 1.82) is 0 Å². The van der Waals surface area contributed by atoms with E-state index >= 15 is 0 Å². The first kappa shape index (κ1) is 19.2. The molecule has 1 aliphatic heterocycles. The molecule has 0 spiro atoms. The van der Waals surface area contributed by atoms with Crippen molar-refractivity contribution in [2.75, 3.05) is 20.8 Å². The van der Waals surface area contributed by atoms with Gasteiger partial charge in [-0.25, -0.2) is 9.67 Å². The van der Waals surface area contributed by atoms with Crippen LogP contribution >= 0.6 is 0 Å². The van der Waals surface area contributed by atoms with E-state index in [0.717, 1.165) is 40.9 Å². The standard InChI is InChI=1S/C22H26N4O3/c1-14(2)26-21-15(13-24-26)10-16(12-23-21)22(27)25-9-5-6-19(25)18-8-7-17(28-3)11-20(18)29-4/h7-8,10-14,19H,5-6,9H2,1-4H3/t19-/m1/s1. The van der Waals surface area contributed by atoms with Crippen molar-refractivity contribution < 1.29 is 14.3 Å². The Hall–Kier alpha value is -3.09. The van der Waals surface area contributed by atoms with Gasteiger partial charge in [0.25, 0.3) is 5.91 Å². The molecule has 1 aliphatic rings. The average molecular weight is 394 g/mol. The molecule has 0 bridgehead atoms. The number of hydrogen-bond acceptors (Lipinski definition) is 5. The van der Waals surface area contributed by atoms with Crippen LogP contribution in [0.25, 0.3) is 11.0 Å². The van der Waals surface area contributed by atoms with Gasteiger partial charge in [0.1, 0.15) is 11.5 Å². The highest BCUT2D eigenvalue weighted by molar-refractivity contribution is 5.97. The second kappa shape index (κ2) is 7.73. The van der Waals surface area contributed by atoms with E-state index in [0.29, 0.717) is 12.1 Å². The van der Waals surface area contributed by atoms with Crippen LogP contribution in [0.15, 0.2) is 36.7 Å². The zero-order valence-corrected chi connectivity index (χ0v) is 17.3. The summed E-state index contributed by atoms with van der Waals surface area (Å²) < 4.78 is 12.7. The summed E-state index contributed by atoms with van der Waals surface area (Å²) in [6.07, 6.45) is 5.28. The van der Waals surface area contributed by atoms with Crippen molar-refractivity contribution in [3.05, 3.63) is 47.8 Å².